The van der Waals surface area contributed by atoms with E-state index < -0.39 is 6.04 Å². The highest BCUT2D eigenvalue weighted by Crippen LogP contribution is 2.03. The molecule has 0 aromatic heterocycles. The molecule has 0 bridgehead atoms. The Bertz CT molecular complexity index is 376. The smallest absolute Gasteiger partial charge is 0.328 e. The summed E-state index contributed by atoms with van der Waals surface area (Å²) >= 11 is 0. The highest BCUT2D eigenvalue weighted by atomic mass is 16.5. The van der Waals surface area contributed by atoms with Crippen LogP contribution in [-0.4, -0.2) is 65.2 Å². The molecule has 9 heteroatoms. The molecule has 0 aliphatic carbocycles. The molecule has 0 saturated carbocycles. The van der Waals surface area contributed by atoms with Gasteiger partial charge in [-0.3, -0.25) is 14.4 Å². The molecule has 1 aliphatic heterocycles. The van der Waals surface area contributed by atoms with Crippen molar-refractivity contribution in [3.63, 3.8) is 0 Å². The molecule has 2 amide bonds. The SMILES string of the molecule is CC1CCNC1.CCCC.CCCCC(NC=O)C(=O)OC.CCNC=O.COC=O. The van der Waals surface area contributed by atoms with Crippen molar-refractivity contribution in [2.24, 2.45) is 5.92 Å². The van der Waals surface area contributed by atoms with Crippen molar-refractivity contribution in [1.29, 1.82) is 0 Å². The summed E-state index contributed by atoms with van der Waals surface area (Å²) in [5.74, 6) is 0.556. The highest BCUT2D eigenvalue weighted by Gasteiger charge is 2.16. The number of unbranched alkanes of at least 4 members (excludes halogenated alkanes) is 2. The predicted octanol–water partition coefficient (Wildman–Crippen LogP) is 2.43. The van der Waals surface area contributed by atoms with Crippen LogP contribution < -0.4 is 16.0 Å². The monoisotopic (exact) mass is 449 g/mol. The first-order chi connectivity index (χ1) is 14.9. The van der Waals surface area contributed by atoms with Gasteiger partial charge in [0.2, 0.25) is 12.8 Å². The zero-order valence-electron chi connectivity index (χ0n) is 20.7. The Morgan fingerprint density at radius 3 is 1.84 bits per heavy atom. The molecule has 1 heterocycles. The molecule has 3 N–H and O–H groups in total. The first kappa shape index (κ1) is 36.2. The minimum absolute atomic E-state index is 0.375. The number of hydrogen-bond acceptors (Lipinski definition) is 7. The van der Waals surface area contributed by atoms with Crippen molar-refractivity contribution in [1.82, 2.24) is 16.0 Å². The lowest BCUT2D eigenvalue weighted by Crippen LogP contribution is -2.36. The molecule has 9 nitrogen and oxygen atoms in total. The molecule has 31 heavy (non-hydrogen) atoms. The first-order valence-electron chi connectivity index (χ1n) is 11.0. The molecule has 1 saturated heterocycles. The highest BCUT2D eigenvalue weighted by molar-refractivity contribution is 5.77. The van der Waals surface area contributed by atoms with E-state index in [9.17, 15) is 14.4 Å². The minimum Gasteiger partial charge on any atom is -0.471 e. The summed E-state index contributed by atoms with van der Waals surface area (Å²) in [4.78, 5) is 39.3. The number of rotatable bonds is 10. The van der Waals surface area contributed by atoms with Gasteiger partial charge in [0.25, 0.3) is 6.47 Å². The number of hydrogen-bond donors (Lipinski definition) is 3. The third kappa shape index (κ3) is 39.0. The van der Waals surface area contributed by atoms with Gasteiger partial charge in [-0.1, -0.05) is 53.4 Å². The van der Waals surface area contributed by atoms with E-state index in [0.29, 0.717) is 25.7 Å². The Labute approximate surface area is 189 Å². The lowest BCUT2D eigenvalue weighted by atomic mass is 10.1. The van der Waals surface area contributed by atoms with E-state index in [4.69, 9.17) is 4.79 Å². The van der Waals surface area contributed by atoms with Gasteiger partial charge in [-0.25, -0.2) is 4.79 Å². The van der Waals surface area contributed by atoms with Crippen molar-refractivity contribution < 1.29 is 28.7 Å². The van der Waals surface area contributed by atoms with E-state index in [1.165, 1.54) is 46.6 Å². The average Bonchev–Trinajstić information content (AvgIpc) is 3.28. The summed E-state index contributed by atoms with van der Waals surface area (Å²) in [5.41, 5.74) is 0. The Morgan fingerprint density at radius 1 is 1.06 bits per heavy atom. The summed E-state index contributed by atoms with van der Waals surface area (Å²) in [5, 5.41) is 8.12. The van der Waals surface area contributed by atoms with Crippen LogP contribution in [0.2, 0.25) is 0 Å². The molecule has 0 spiro atoms. The summed E-state index contributed by atoms with van der Waals surface area (Å²) in [7, 11) is 2.63. The fourth-order valence-corrected chi connectivity index (χ4v) is 1.78. The topological polar surface area (TPSA) is 123 Å². The molecule has 186 valence electrons. The lowest BCUT2D eigenvalue weighted by molar-refractivity contribution is -0.144. The molecular formula is C22H47N3O6. The third-order valence-electron chi connectivity index (χ3n) is 3.79. The van der Waals surface area contributed by atoms with E-state index in [0.717, 1.165) is 25.3 Å². The van der Waals surface area contributed by atoms with Crippen LogP contribution in [-0.2, 0) is 28.7 Å². The summed E-state index contributed by atoms with van der Waals surface area (Å²) in [6.45, 7) is 14.1. The van der Waals surface area contributed by atoms with Crippen LogP contribution >= 0.6 is 0 Å². The van der Waals surface area contributed by atoms with Crippen LogP contribution in [0.4, 0.5) is 0 Å². The Balaban J connectivity index is -0.000000161. The van der Waals surface area contributed by atoms with Crippen molar-refractivity contribution in [3.05, 3.63) is 0 Å². The zero-order valence-corrected chi connectivity index (χ0v) is 20.7. The van der Waals surface area contributed by atoms with Gasteiger partial charge < -0.3 is 25.4 Å². The van der Waals surface area contributed by atoms with Gasteiger partial charge in [-0.15, -0.1) is 0 Å². The maximum absolute atomic E-state index is 11.0. The van der Waals surface area contributed by atoms with Gasteiger partial charge in [-0.2, -0.15) is 0 Å². The fraction of sp³-hybridized carbons (Fsp3) is 0.818. The predicted molar refractivity (Wildman–Crippen MR) is 125 cm³/mol. The molecule has 0 radical (unpaired) electrons. The molecule has 2 atom stereocenters. The Hall–Kier alpha value is -2.16. The Morgan fingerprint density at radius 2 is 1.65 bits per heavy atom. The average molecular weight is 450 g/mol. The van der Waals surface area contributed by atoms with Crippen molar-refractivity contribution >= 4 is 25.3 Å². The van der Waals surface area contributed by atoms with Crippen LogP contribution in [0, 0.1) is 5.92 Å². The molecule has 0 aromatic rings. The number of ether oxygens (including phenoxy) is 2. The number of carbonyl (C=O) groups is 4. The molecule has 0 aromatic carbocycles. The molecule has 1 fully saturated rings. The van der Waals surface area contributed by atoms with E-state index in [1.807, 2.05) is 13.8 Å². The molecule has 1 rings (SSSR count). The van der Waals surface area contributed by atoms with Gasteiger partial charge in [0.05, 0.1) is 14.2 Å². The first-order valence-corrected chi connectivity index (χ1v) is 11.0. The van der Waals surface area contributed by atoms with E-state index >= 15 is 0 Å². The zero-order chi connectivity index (χ0) is 24.8. The third-order valence-corrected chi connectivity index (χ3v) is 3.79. The number of amides is 2. The standard InChI is InChI=1S/C8H15NO3.C5H11N.C4H10.C3H7NO.C2H4O2/c1-3-4-5-7(9-6-10)8(11)12-2;1-5-2-3-6-4-5;1-3-4-2;1-2-4-3-5;1-4-2-3/h6-7H,3-5H2,1-2H3,(H,9,10);5-6H,2-4H2,1H3;3-4H2,1-2H3;3H,2H2,1H3,(H,4,5);2H,1H3. The number of methoxy groups -OCH3 is 2. The van der Waals surface area contributed by atoms with Gasteiger partial charge in [0, 0.05) is 6.54 Å². The van der Waals surface area contributed by atoms with Crippen molar-refractivity contribution in [3.8, 4) is 0 Å². The molecule has 2 unspecified atom stereocenters. The summed E-state index contributed by atoms with van der Waals surface area (Å²) in [6, 6.07) is -0.479. The van der Waals surface area contributed by atoms with Gasteiger partial charge in [0.1, 0.15) is 6.04 Å². The van der Waals surface area contributed by atoms with Crippen LogP contribution in [0.3, 0.4) is 0 Å². The van der Waals surface area contributed by atoms with Crippen molar-refractivity contribution in [2.75, 3.05) is 33.9 Å². The van der Waals surface area contributed by atoms with Crippen LogP contribution in [0.25, 0.3) is 0 Å². The van der Waals surface area contributed by atoms with Crippen molar-refractivity contribution in [2.45, 2.75) is 79.2 Å². The second-order valence-electron chi connectivity index (χ2n) is 6.61. The Kier molecular flexibility index (Phi) is 41.2. The van der Waals surface area contributed by atoms with E-state index in [-0.39, 0.29) is 5.97 Å². The van der Waals surface area contributed by atoms with E-state index in [2.05, 4.69) is 46.2 Å². The lowest BCUT2D eigenvalue weighted by Gasteiger charge is -2.12. The quantitative estimate of drug-likeness (QED) is 0.346. The normalized spacial score (nSPS) is 14.0. The van der Waals surface area contributed by atoms with E-state index in [1.54, 1.807) is 0 Å². The molecular weight excluding hydrogens is 402 g/mol. The van der Waals surface area contributed by atoms with Crippen LogP contribution in [0.15, 0.2) is 0 Å². The van der Waals surface area contributed by atoms with Gasteiger partial charge >= 0.3 is 5.97 Å². The largest absolute Gasteiger partial charge is 0.471 e. The molecule has 1 aliphatic rings. The minimum atomic E-state index is -0.479. The summed E-state index contributed by atoms with van der Waals surface area (Å²) in [6.07, 6.45) is 7.76. The maximum atomic E-state index is 11.0. The van der Waals surface area contributed by atoms with Gasteiger partial charge in [-0.05, 0) is 38.8 Å². The van der Waals surface area contributed by atoms with Crippen LogP contribution in [0.5, 0.6) is 0 Å². The second kappa shape index (κ2) is 35.3. The number of carbonyl (C=O) groups excluding carboxylic acids is 4. The number of esters is 1. The van der Waals surface area contributed by atoms with Crippen LogP contribution in [0.1, 0.15) is 73.1 Å². The van der Waals surface area contributed by atoms with Gasteiger partial charge in [0.15, 0.2) is 0 Å². The second-order valence-corrected chi connectivity index (χ2v) is 6.61. The maximum Gasteiger partial charge on any atom is 0.328 e. The fourth-order valence-electron chi connectivity index (χ4n) is 1.78. The number of nitrogens with one attached hydrogen (secondary N) is 3. The summed E-state index contributed by atoms with van der Waals surface area (Å²) < 4.78 is 8.36.